The maximum atomic E-state index is 13.6. The summed E-state index contributed by atoms with van der Waals surface area (Å²) in [6.45, 7) is 9.73. The molecule has 0 spiro atoms. The Bertz CT molecular complexity index is 1450. The van der Waals surface area contributed by atoms with Gasteiger partial charge in [0.1, 0.15) is 5.76 Å². The number of fused-ring (bicyclic) bond motifs is 1. The molecule has 0 bridgehead atoms. The van der Waals surface area contributed by atoms with Crippen molar-refractivity contribution >= 4 is 42.6 Å². The van der Waals surface area contributed by atoms with Crippen LogP contribution in [0, 0.1) is 6.92 Å². The molecule has 4 rings (SSSR count). The van der Waals surface area contributed by atoms with E-state index >= 15 is 0 Å². The van der Waals surface area contributed by atoms with E-state index in [1.165, 1.54) is 52.1 Å². The van der Waals surface area contributed by atoms with Crippen LogP contribution in [0.3, 0.4) is 0 Å². The molecule has 0 N–H and O–H groups in total. The molecule has 2 aromatic heterocycles. The summed E-state index contributed by atoms with van der Waals surface area (Å²) in [7, 11) is -3.76. The van der Waals surface area contributed by atoms with Crippen molar-refractivity contribution in [1.82, 2.24) is 9.29 Å². The van der Waals surface area contributed by atoms with Crippen molar-refractivity contribution in [3.05, 3.63) is 103 Å². The molecule has 2 heterocycles. The summed E-state index contributed by atoms with van der Waals surface area (Å²) in [5, 5.41) is 0.538. The van der Waals surface area contributed by atoms with Gasteiger partial charge in [0.15, 0.2) is 5.13 Å². The third-order valence-corrected chi connectivity index (χ3v) is 8.27. The van der Waals surface area contributed by atoms with Crippen LogP contribution in [0.5, 0.6) is 0 Å². The van der Waals surface area contributed by atoms with Crippen molar-refractivity contribution in [2.75, 3.05) is 18.0 Å². The van der Waals surface area contributed by atoms with Gasteiger partial charge >= 0.3 is 0 Å². The molecule has 0 aliphatic heterocycles. The van der Waals surface area contributed by atoms with Crippen LogP contribution in [0.15, 0.2) is 95.5 Å². The van der Waals surface area contributed by atoms with Crippen molar-refractivity contribution in [3.8, 4) is 0 Å². The van der Waals surface area contributed by atoms with Gasteiger partial charge in [0.25, 0.3) is 5.91 Å². The third-order valence-electron chi connectivity index (χ3n) is 5.38. The summed E-state index contributed by atoms with van der Waals surface area (Å²) in [4.78, 5) is 20.0. The van der Waals surface area contributed by atoms with E-state index in [9.17, 15) is 13.2 Å². The number of aromatic nitrogens is 1. The smallest absolute Gasteiger partial charge is 0.260 e. The molecule has 0 atom stereocenters. The maximum Gasteiger partial charge on any atom is 0.260 e. The first-order valence-corrected chi connectivity index (χ1v) is 13.1. The van der Waals surface area contributed by atoms with Gasteiger partial charge in [-0.3, -0.25) is 9.69 Å². The standard InChI is InChI=1S/C26H25N3O4S2/c1-4-15-28(16-5-2)35(31,32)22-13-11-20(12-14-22)25(30)29(18-21-9-7-17-33-21)26-27-24-19(3)8-6-10-23(24)34-26/h4-14,17H,1-2,15-16,18H2,3H3. The highest BCUT2D eigenvalue weighted by Gasteiger charge is 2.26. The average Bonchev–Trinajstić information content (AvgIpc) is 3.52. The molecule has 35 heavy (non-hydrogen) atoms. The number of sulfonamides is 1. The Balaban J connectivity index is 1.68. The van der Waals surface area contributed by atoms with Crippen molar-refractivity contribution in [2.45, 2.75) is 18.4 Å². The minimum Gasteiger partial charge on any atom is -0.467 e. The summed E-state index contributed by atoms with van der Waals surface area (Å²) in [5.74, 6) is 0.300. The number of carbonyl (C=O) groups excluding carboxylic acids is 1. The molecule has 0 radical (unpaired) electrons. The SMILES string of the molecule is C=CCN(CC=C)S(=O)(=O)c1ccc(C(=O)N(Cc2ccco2)c2nc3c(C)cccc3s2)cc1. The van der Waals surface area contributed by atoms with Gasteiger partial charge in [-0.1, -0.05) is 35.6 Å². The Kier molecular flexibility index (Phi) is 7.30. The molecule has 7 nitrogen and oxygen atoms in total. The highest BCUT2D eigenvalue weighted by Crippen LogP contribution is 2.32. The van der Waals surface area contributed by atoms with Gasteiger partial charge in [0, 0.05) is 18.7 Å². The molecule has 0 saturated carbocycles. The van der Waals surface area contributed by atoms with Crippen LogP contribution >= 0.6 is 11.3 Å². The van der Waals surface area contributed by atoms with Crippen LogP contribution in [0.4, 0.5) is 5.13 Å². The molecule has 0 saturated heterocycles. The van der Waals surface area contributed by atoms with Crippen LogP contribution in [0.25, 0.3) is 10.2 Å². The molecule has 1 amide bonds. The number of anilines is 1. The molecule has 0 fully saturated rings. The van der Waals surface area contributed by atoms with Gasteiger partial charge in [-0.2, -0.15) is 4.31 Å². The number of thiazole rings is 1. The highest BCUT2D eigenvalue weighted by atomic mass is 32.2. The normalized spacial score (nSPS) is 11.6. The van der Waals surface area contributed by atoms with Gasteiger partial charge < -0.3 is 4.42 Å². The van der Waals surface area contributed by atoms with E-state index in [0.29, 0.717) is 16.5 Å². The lowest BCUT2D eigenvalue weighted by atomic mass is 10.2. The first-order chi connectivity index (χ1) is 16.8. The number of aryl methyl sites for hydroxylation is 1. The molecule has 4 aromatic rings. The average molecular weight is 508 g/mol. The quantitative estimate of drug-likeness (QED) is 0.268. The van der Waals surface area contributed by atoms with Crippen LogP contribution in [-0.2, 0) is 16.6 Å². The zero-order chi connectivity index (χ0) is 25.0. The summed E-state index contributed by atoms with van der Waals surface area (Å²) >= 11 is 1.42. The number of nitrogens with zero attached hydrogens (tertiary/aromatic N) is 3. The first kappa shape index (κ1) is 24.6. The highest BCUT2D eigenvalue weighted by molar-refractivity contribution is 7.89. The Hall–Kier alpha value is -3.53. The minimum absolute atomic E-state index is 0.0888. The van der Waals surface area contributed by atoms with E-state index in [4.69, 9.17) is 9.40 Å². The molecule has 0 aliphatic rings. The van der Waals surface area contributed by atoms with Crippen LogP contribution < -0.4 is 4.90 Å². The fourth-order valence-electron chi connectivity index (χ4n) is 3.61. The monoisotopic (exact) mass is 507 g/mol. The van der Waals surface area contributed by atoms with Gasteiger partial charge in [0.2, 0.25) is 10.0 Å². The number of furan rings is 1. The second-order valence-corrected chi connectivity index (χ2v) is 10.8. The fourth-order valence-corrected chi connectivity index (χ4v) is 6.03. The van der Waals surface area contributed by atoms with Crippen LogP contribution in [-0.4, -0.2) is 36.7 Å². The van der Waals surface area contributed by atoms with Crippen molar-refractivity contribution in [2.24, 2.45) is 0 Å². The van der Waals surface area contributed by atoms with Crippen LogP contribution in [0.2, 0.25) is 0 Å². The van der Waals surface area contributed by atoms with E-state index in [1.807, 2.05) is 25.1 Å². The minimum atomic E-state index is -3.76. The van der Waals surface area contributed by atoms with E-state index in [-0.39, 0.29) is 30.4 Å². The van der Waals surface area contributed by atoms with Gasteiger partial charge in [-0.05, 0) is 55.0 Å². The fraction of sp³-hybridized carbons (Fsp3) is 0.154. The number of amides is 1. The lowest BCUT2D eigenvalue weighted by molar-refractivity contribution is 0.0983. The number of benzene rings is 2. The molecular weight excluding hydrogens is 482 g/mol. The maximum absolute atomic E-state index is 13.6. The van der Waals surface area contributed by atoms with E-state index < -0.39 is 10.0 Å². The molecule has 0 unspecified atom stereocenters. The van der Waals surface area contributed by atoms with Crippen LogP contribution in [0.1, 0.15) is 21.7 Å². The molecule has 0 aliphatic carbocycles. The number of carbonyl (C=O) groups is 1. The van der Waals surface area contributed by atoms with Crippen molar-refractivity contribution in [3.63, 3.8) is 0 Å². The van der Waals surface area contributed by atoms with Crippen molar-refractivity contribution < 1.29 is 17.6 Å². The van der Waals surface area contributed by atoms with Gasteiger partial charge in [-0.15, -0.1) is 13.2 Å². The largest absolute Gasteiger partial charge is 0.467 e. The molecule has 9 heteroatoms. The van der Waals surface area contributed by atoms with Crippen molar-refractivity contribution in [1.29, 1.82) is 0 Å². The Labute approximate surface area is 208 Å². The zero-order valence-corrected chi connectivity index (χ0v) is 20.9. The van der Waals surface area contributed by atoms with E-state index in [1.54, 1.807) is 23.3 Å². The number of hydrogen-bond acceptors (Lipinski definition) is 6. The lowest BCUT2D eigenvalue weighted by Crippen LogP contribution is -2.32. The number of rotatable bonds is 10. The molecule has 2 aromatic carbocycles. The van der Waals surface area contributed by atoms with Gasteiger partial charge in [-0.25, -0.2) is 13.4 Å². The second kappa shape index (κ2) is 10.4. The van der Waals surface area contributed by atoms with E-state index in [2.05, 4.69) is 13.2 Å². The summed E-state index contributed by atoms with van der Waals surface area (Å²) in [5.41, 5.74) is 2.20. The predicted octanol–water partition coefficient (Wildman–Crippen LogP) is 5.41. The van der Waals surface area contributed by atoms with Gasteiger partial charge in [0.05, 0.1) is 27.9 Å². The van der Waals surface area contributed by atoms with E-state index in [0.717, 1.165) is 15.8 Å². The Morgan fingerprint density at radius 2 is 1.77 bits per heavy atom. The topological polar surface area (TPSA) is 83.7 Å². The second-order valence-electron chi connectivity index (χ2n) is 7.81. The first-order valence-electron chi connectivity index (χ1n) is 10.9. The third kappa shape index (κ3) is 5.12. The Morgan fingerprint density at radius 3 is 2.37 bits per heavy atom. The zero-order valence-electron chi connectivity index (χ0n) is 19.3. The number of para-hydroxylation sites is 1. The summed E-state index contributed by atoms with van der Waals surface area (Å²) in [6.07, 6.45) is 4.59. The molecular formula is C26H25N3O4S2. The predicted molar refractivity (Wildman–Crippen MR) is 139 cm³/mol. The summed E-state index contributed by atoms with van der Waals surface area (Å²) in [6, 6.07) is 15.4. The lowest BCUT2D eigenvalue weighted by Gasteiger charge is -2.20. The molecule has 180 valence electrons. The number of hydrogen-bond donors (Lipinski definition) is 0. The summed E-state index contributed by atoms with van der Waals surface area (Å²) < 4.78 is 33.7. The Morgan fingerprint density at radius 1 is 1.06 bits per heavy atom.